The Labute approximate surface area is 168 Å². The molecule has 4 rings (SSSR count). The number of H-pyrrole nitrogens is 1. The van der Waals surface area contributed by atoms with E-state index in [1.165, 1.54) is 12.1 Å². The predicted molar refractivity (Wildman–Crippen MR) is 111 cm³/mol. The monoisotopic (exact) mass is 386 g/mol. The third-order valence-corrected chi connectivity index (χ3v) is 4.64. The molecule has 0 aliphatic carbocycles. The Kier molecular flexibility index (Phi) is 5.20. The van der Waals surface area contributed by atoms with Gasteiger partial charge in [-0.25, -0.2) is 9.18 Å². The molecule has 4 nitrogen and oxygen atoms in total. The largest absolute Gasteiger partial charge is 0.462 e. The summed E-state index contributed by atoms with van der Waals surface area (Å²) in [5.74, 6) is -0.734. The molecule has 0 bridgehead atoms. The van der Waals surface area contributed by atoms with Gasteiger partial charge in [-0.2, -0.15) is 0 Å². The van der Waals surface area contributed by atoms with Crippen molar-refractivity contribution in [3.05, 3.63) is 90.5 Å². The minimum Gasteiger partial charge on any atom is -0.462 e. The normalized spacial score (nSPS) is 10.7. The number of esters is 1. The Balaban J connectivity index is 2.04. The van der Waals surface area contributed by atoms with Crippen LogP contribution in [-0.2, 0) is 4.74 Å². The van der Waals surface area contributed by atoms with E-state index in [1.54, 1.807) is 31.5 Å². The number of benzene rings is 2. The molecule has 0 saturated heterocycles. The predicted octanol–water partition coefficient (Wildman–Crippen LogP) is 5.73. The van der Waals surface area contributed by atoms with E-state index in [2.05, 4.69) is 9.97 Å². The number of halogens is 1. The van der Waals surface area contributed by atoms with Gasteiger partial charge in [0.1, 0.15) is 5.82 Å². The first-order valence-corrected chi connectivity index (χ1v) is 9.34. The van der Waals surface area contributed by atoms with E-state index < -0.39 is 5.97 Å². The molecule has 4 aromatic rings. The van der Waals surface area contributed by atoms with Crippen LogP contribution in [0.15, 0.2) is 79.1 Å². The van der Waals surface area contributed by atoms with Gasteiger partial charge in [-0.1, -0.05) is 30.3 Å². The number of carbonyl (C=O) groups excluding carboxylic acids is 1. The molecule has 0 saturated carbocycles. The average Bonchev–Trinajstić information content (AvgIpc) is 3.16. The summed E-state index contributed by atoms with van der Waals surface area (Å²) in [6.45, 7) is 2.04. The van der Waals surface area contributed by atoms with Crippen molar-refractivity contribution in [1.29, 1.82) is 0 Å². The van der Waals surface area contributed by atoms with Gasteiger partial charge >= 0.3 is 5.97 Å². The van der Waals surface area contributed by atoms with Gasteiger partial charge in [-0.3, -0.25) is 4.98 Å². The minimum atomic E-state index is -0.414. The molecule has 0 aliphatic heterocycles. The maximum atomic E-state index is 13.5. The number of hydrogen-bond donors (Lipinski definition) is 1. The van der Waals surface area contributed by atoms with Gasteiger partial charge in [0.25, 0.3) is 0 Å². The van der Waals surface area contributed by atoms with Gasteiger partial charge in [0.05, 0.1) is 23.6 Å². The summed E-state index contributed by atoms with van der Waals surface area (Å²) in [6.07, 6.45) is 3.35. The summed E-state index contributed by atoms with van der Waals surface area (Å²) < 4.78 is 18.9. The Morgan fingerprint density at radius 2 is 1.55 bits per heavy atom. The maximum Gasteiger partial charge on any atom is 0.340 e. The Morgan fingerprint density at radius 3 is 2.21 bits per heavy atom. The molecule has 144 valence electrons. The number of nitrogens with one attached hydrogen (secondary N) is 1. The van der Waals surface area contributed by atoms with Crippen molar-refractivity contribution in [1.82, 2.24) is 9.97 Å². The van der Waals surface area contributed by atoms with Gasteiger partial charge in [0, 0.05) is 18.0 Å². The van der Waals surface area contributed by atoms with Crippen LogP contribution in [0.25, 0.3) is 33.6 Å². The van der Waals surface area contributed by atoms with Gasteiger partial charge in [-0.05, 0) is 60.0 Å². The number of nitrogens with zero attached hydrogens (tertiary/aromatic N) is 1. The highest BCUT2D eigenvalue weighted by Crippen LogP contribution is 2.40. The van der Waals surface area contributed by atoms with Gasteiger partial charge in [-0.15, -0.1) is 0 Å². The molecular formula is C24H19FN2O2. The zero-order valence-electron chi connectivity index (χ0n) is 15.9. The summed E-state index contributed by atoms with van der Waals surface area (Å²) in [5.41, 5.74) is 4.99. The van der Waals surface area contributed by atoms with E-state index >= 15 is 0 Å². The molecule has 29 heavy (non-hydrogen) atoms. The SMILES string of the molecule is CCOC(=O)c1c(-c2ccccc2)[nH]c(-c2ccc(F)cc2)c1-c1ccncc1. The quantitative estimate of drug-likeness (QED) is 0.446. The van der Waals surface area contributed by atoms with Crippen molar-refractivity contribution in [3.8, 4) is 33.6 Å². The fraction of sp³-hybridized carbons (Fsp3) is 0.0833. The van der Waals surface area contributed by atoms with E-state index in [0.29, 0.717) is 16.8 Å². The van der Waals surface area contributed by atoms with Crippen LogP contribution in [-0.4, -0.2) is 22.5 Å². The summed E-state index contributed by atoms with van der Waals surface area (Å²) in [6, 6.07) is 19.5. The van der Waals surface area contributed by atoms with Crippen LogP contribution >= 0.6 is 0 Å². The second-order valence-corrected chi connectivity index (χ2v) is 6.45. The Bertz CT molecular complexity index is 1120. The Hall–Kier alpha value is -3.73. The van der Waals surface area contributed by atoms with Crippen molar-refractivity contribution < 1.29 is 13.9 Å². The number of aromatic nitrogens is 2. The second kappa shape index (κ2) is 8.10. The number of hydrogen-bond acceptors (Lipinski definition) is 3. The first-order chi connectivity index (χ1) is 14.2. The van der Waals surface area contributed by atoms with E-state index in [1.807, 2.05) is 42.5 Å². The number of aromatic amines is 1. The smallest absolute Gasteiger partial charge is 0.340 e. The van der Waals surface area contributed by atoms with Crippen LogP contribution in [0.2, 0.25) is 0 Å². The molecular weight excluding hydrogens is 367 g/mol. The summed E-state index contributed by atoms with van der Waals surface area (Å²) >= 11 is 0. The van der Waals surface area contributed by atoms with Crippen LogP contribution in [0.4, 0.5) is 4.39 Å². The highest BCUT2D eigenvalue weighted by molar-refractivity contribution is 6.07. The summed E-state index contributed by atoms with van der Waals surface area (Å²) in [4.78, 5) is 20.5. The van der Waals surface area contributed by atoms with Crippen LogP contribution in [0, 0.1) is 5.82 Å². The number of ether oxygens (including phenoxy) is 1. The van der Waals surface area contributed by atoms with Crippen LogP contribution in [0.3, 0.4) is 0 Å². The van der Waals surface area contributed by atoms with Gasteiger partial charge in [0.15, 0.2) is 0 Å². The summed E-state index contributed by atoms with van der Waals surface area (Å²) in [7, 11) is 0. The summed E-state index contributed by atoms with van der Waals surface area (Å²) in [5, 5.41) is 0. The lowest BCUT2D eigenvalue weighted by atomic mass is 9.96. The van der Waals surface area contributed by atoms with Crippen molar-refractivity contribution in [3.63, 3.8) is 0 Å². The molecule has 0 atom stereocenters. The number of carbonyl (C=O) groups is 1. The topological polar surface area (TPSA) is 55.0 Å². The first-order valence-electron chi connectivity index (χ1n) is 9.34. The highest BCUT2D eigenvalue weighted by Gasteiger charge is 2.26. The zero-order valence-corrected chi connectivity index (χ0v) is 15.9. The van der Waals surface area contributed by atoms with E-state index in [0.717, 1.165) is 22.4 Å². The first kappa shape index (κ1) is 18.6. The van der Waals surface area contributed by atoms with Crippen molar-refractivity contribution in [2.45, 2.75) is 6.92 Å². The van der Waals surface area contributed by atoms with Crippen LogP contribution in [0.5, 0.6) is 0 Å². The molecule has 0 unspecified atom stereocenters. The number of pyridine rings is 1. The molecule has 2 aromatic carbocycles. The zero-order chi connectivity index (χ0) is 20.2. The van der Waals surface area contributed by atoms with Crippen molar-refractivity contribution in [2.75, 3.05) is 6.61 Å². The third-order valence-electron chi connectivity index (χ3n) is 4.64. The van der Waals surface area contributed by atoms with E-state index in [4.69, 9.17) is 4.74 Å². The molecule has 0 aliphatic rings. The van der Waals surface area contributed by atoms with Gasteiger partial charge in [0.2, 0.25) is 0 Å². The molecule has 5 heteroatoms. The molecule has 0 fully saturated rings. The van der Waals surface area contributed by atoms with E-state index in [-0.39, 0.29) is 12.4 Å². The molecule has 0 amide bonds. The second-order valence-electron chi connectivity index (χ2n) is 6.45. The molecule has 2 heterocycles. The number of rotatable bonds is 5. The maximum absolute atomic E-state index is 13.5. The van der Waals surface area contributed by atoms with Crippen LogP contribution < -0.4 is 0 Å². The fourth-order valence-electron chi connectivity index (χ4n) is 3.37. The average molecular weight is 386 g/mol. The lowest BCUT2D eigenvalue weighted by molar-refractivity contribution is 0.0528. The lowest BCUT2D eigenvalue weighted by Crippen LogP contribution is -2.06. The standard InChI is InChI=1S/C24H19FN2O2/c1-2-29-24(28)21-20(16-12-14-26-15-13-16)22(18-8-10-19(25)11-9-18)27-23(21)17-6-4-3-5-7-17/h3-15,27H,2H2,1H3. The van der Waals surface area contributed by atoms with Gasteiger partial charge < -0.3 is 9.72 Å². The van der Waals surface area contributed by atoms with E-state index in [9.17, 15) is 9.18 Å². The third kappa shape index (κ3) is 3.67. The lowest BCUT2D eigenvalue weighted by Gasteiger charge is -2.09. The molecule has 0 radical (unpaired) electrons. The van der Waals surface area contributed by atoms with Crippen molar-refractivity contribution in [2.24, 2.45) is 0 Å². The molecule has 0 spiro atoms. The Morgan fingerprint density at radius 1 is 0.897 bits per heavy atom. The fourth-order valence-corrected chi connectivity index (χ4v) is 3.37. The van der Waals surface area contributed by atoms with Crippen LogP contribution in [0.1, 0.15) is 17.3 Å². The molecule has 2 aromatic heterocycles. The highest BCUT2D eigenvalue weighted by atomic mass is 19.1. The minimum absolute atomic E-state index is 0.264. The van der Waals surface area contributed by atoms with Crippen molar-refractivity contribution >= 4 is 5.97 Å². The molecule has 1 N–H and O–H groups in total.